The van der Waals surface area contributed by atoms with Crippen LogP contribution in [0, 0.1) is 0 Å². The third kappa shape index (κ3) is 3630000. The molecule has 0 fully saturated rings. The molecule has 0 radical (unpaired) electrons. The molecule has 0 aliphatic rings. The van der Waals surface area contributed by atoms with Crippen LogP contribution in [-0.4, -0.2) is 22.2 Å². The molecule has 0 aromatic heterocycles. The van der Waals surface area contributed by atoms with Crippen molar-refractivity contribution in [1.82, 2.24) is 0 Å². The number of rotatable bonds is 0. The summed E-state index contributed by atoms with van der Waals surface area (Å²) >= 11 is 0.125. The van der Waals surface area contributed by atoms with Gasteiger partial charge < -0.3 is 10.2 Å². The van der Waals surface area contributed by atoms with Gasteiger partial charge in [-0.15, -0.1) is 0 Å². The zero-order chi connectivity index (χ0) is 9.15. The molecule has 0 unspecified atom stereocenters. The van der Waals surface area contributed by atoms with Gasteiger partial charge in [-0.1, -0.05) is 0 Å². The van der Waals surface area contributed by atoms with Crippen LogP contribution >= 0.6 is 0 Å². The molecule has 0 aromatic carbocycles. The van der Waals surface area contributed by atoms with E-state index in [1.165, 1.54) is 0 Å². The van der Waals surface area contributed by atoms with Crippen molar-refractivity contribution in [3.05, 3.63) is 0 Å². The van der Waals surface area contributed by atoms with Gasteiger partial charge in [-0.2, -0.15) is 0 Å². The monoisotopic (exact) mass is 264 g/mol. The molecule has 0 rings (SSSR count). The van der Waals surface area contributed by atoms with Gasteiger partial charge in [0.1, 0.15) is 0 Å². The van der Waals surface area contributed by atoms with Crippen LogP contribution in [-0.2, 0) is 50.9 Å². The van der Waals surface area contributed by atoms with Gasteiger partial charge in [0.05, 0.1) is 0 Å². The zero-order valence-electron chi connectivity index (χ0n) is 6.53. The first-order valence-electron chi connectivity index (χ1n) is 2.14. The van der Waals surface area contributed by atoms with E-state index in [4.69, 9.17) is 23.4 Å². The van der Waals surface area contributed by atoms with Gasteiger partial charge in [0.2, 0.25) is 0 Å². The molecule has 0 aliphatic heterocycles. The number of hydrogen-bond donors (Lipinski definition) is 2. The molecule has 0 aromatic rings. The third-order valence-corrected chi connectivity index (χ3v) is 0. The minimum Gasteiger partial charge on any atom is 0 e. The Bertz CT molecular complexity index is 84.7. The van der Waals surface area contributed by atoms with Crippen LogP contribution in [0.4, 0.5) is 0 Å². The molecule has 7 heteroatoms. The average Bonchev–Trinajstić information content (AvgIpc) is 1.66. The van der Waals surface area contributed by atoms with Crippen LogP contribution in [0.25, 0.3) is 0 Å². The standard InChI is InChI=1S/2C2H4O2.O.2Zn/c2*1-2(3)4;;;/h2*1H3,(H,3,4);;;. The fourth-order valence-corrected chi connectivity index (χ4v) is 0. The normalized spacial score (nSPS) is 5.09. The first-order chi connectivity index (χ1) is 4.46. The van der Waals surface area contributed by atoms with E-state index in [0.29, 0.717) is 0 Å². The van der Waals surface area contributed by atoms with Crippen molar-refractivity contribution in [2.75, 3.05) is 0 Å². The van der Waals surface area contributed by atoms with E-state index in [1.807, 2.05) is 0 Å². The van der Waals surface area contributed by atoms with Crippen molar-refractivity contribution >= 4 is 11.9 Å². The maximum absolute atomic E-state index is 9.00. The zero-order valence-corrected chi connectivity index (χ0v) is 12.5. The summed E-state index contributed by atoms with van der Waals surface area (Å²) < 4.78 is 8.38. The van der Waals surface area contributed by atoms with Gasteiger partial charge in [0.25, 0.3) is 11.9 Å². The second-order valence-corrected chi connectivity index (χ2v) is 1.04. The van der Waals surface area contributed by atoms with Crippen molar-refractivity contribution in [1.29, 1.82) is 0 Å². The molecule has 0 amide bonds. The Labute approximate surface area is 86.9 Å². The van der Waals surface area contributed by atoms with Crippen LogP contribution in [0.5, 0.6) is 0 Å². The number of carboxylic acids is 2. The smallest absolute Gasteiger partial charge is 0 e. The van der Waals surface area contributed by atoms with Crippen LogP contribution < -0.4 is 0 Å². The molecule has 58 valence electrons. The molecular weight excluding hydrogens is 259 g/mol. The number of aliphatic carboxylic acids is 2. The Kier molecular flexibility index (Phi) is 45.9. The first kappa shape index (κ1) is 22.4. The predicted octanol–water partition coefficient (Wildman–Crippen LogP) is 0.0580. The van der Waals surface area contributed by atoms with Crippen molar-refractivity contribution in [3.63, 3.8) is 0 Å². The quantitative estimate of drug-likeness (QED) is 0.605. The molecular formula is C4H8O5Zn2. The Morgan fingerprint density at radius 1 is 1.00 bits per heavy atom. The third-order valence-electron chi connectivity index (χ3n) is 0. The molecule has 0 atom stereocenters. The first-order valence-corrected chi connectivity index (χ1v) is 3.36. The summed E-state index contributed by atoms with van der Waals surface area (Å²) in [6.45, 7) is 2.17. The van der Waals surface area contributed by atoms with Crippen LogP contribution in [0.15, 0.2) is 0 Å². The topological polar surface area (TPSA) is 91.7 Å². The van der Waals surface area contributed by atoms with E-state index in [1.54, 1.807) is 0 Å². The molecule has 0 saturated carbocycles. The summed E-state index contributed by atoms with van der Waals surface area (Å²) in [5.74, 6) is -1.67. The summed E-state index contributed by atoms with van der Waals surface area (Å²) in [7, 11) is 0. The van der Waals surface area contributed by atoms with Gasteiger partial charge in [0, 0.05) is 33.3 Å². The minimum absolute atomic E-state index is 0. The molecule has 0 heterocycles. The SMILES string of the molecule is CC(=O)O.CC(=O)O.[O]=[Zn].[Zn]. The van der Waals surface area contributed by atoms with Gasteiger partial charge in [-0.25, -0.2) is 0 Å². The fourth-order valence-electron chi connectivity index (χ4n) is 0. The van der Waals surface area contributed by atoms with Crippen LogP contribution in [0.2, 0.25) is 0 Å². The van der Waals surface area contributed by atoms with E-state index in [2.05, 4.69) is 0 Å². The molecule has 2 N–H and O–H groups in total. The molecule has 0 spiro atoms. The van der Waals surface area contributed by atoms with Gasteiger partial charge in [0.15, 0.2) is 0 Å². The van der Waals surface area contributed by atoms with Gasteiger partial charge in [-0.05, 0) is 0 Å². The summed E-state index contributed by atoms with van der Waals surface area (Å²) in [5, 5.41) is 14.8. The predicted molar refractivity (Wildman–Crippen MR) is 27.3 cm³/mol. The molecule has 5 nitrogen and oxygen atoms in total. The summed E-state index contributed by atoms with van der Waals surface area (Å²) in [5.41, 5.74) is 0. The summed E-state index contributed by atoms with van der Waals surface area (Å²) in [6, 6.07) is 0. The average molecular weight is 267 g/mol. The molecule has 11 heavy (non-hydrogen) atoms. The van der Waals surface area contributed by atoms with E-state index in [9.17, 15) is 0 Å². The van der Waals surface area contributed by atoms with E-state index in [0.717, 1.165) is 13.8 Å². The number of carboxylic acid groups (broad SMARTS) is 2. The minimum atomic E-state index is -0.833. The van der Waals surface area contributed by atoms with Crippen molar-refractivity contribution in [3.8, 4) is 0 Å². The van der Waals surface area contributed by atoms with Crippen LogP contribution in [0.1, 0.15) is 13.8 Å². The van der Waals surface area contributed by atoms with E-state index < -0.39 is 11.9 Å². The van der Waals surface area contributed by atoms with Crippen LogP contribution in [0.3, 0.4) is 0 Å². The Morgan fingerprint density at radius 3 is 1.00 bits per heavy atom. The number of carbonyl (C=O) groups is 2. The van der Waals surface area contributed by atoms with Gasteiger partial charge >= 0.3 is 21.8 Å². The Hall–Kier alpha value is -0.0132. The maximum Gasteiger partial charge on any atom is 0 e. The Balaban J connectivity index is -0.0000000339. The van der Waals surface area contributed by atoms with Crippen molar-refractivity contribution < 1.29 is 61.1 Å². The molecule has 0 saturated heterocycles. The van der Waals surface area contributed by atoms with E-state index in [-0.39, 0.29) is 37.7 Å². The van der Waals surface area contributed by atoms with Crippen molar-refractivity contribution in [2.24, 2.45) is 0 Å². The van der Waals surface area contributed by atoms with Gasteiger partial charge in [-0.3, -0.25) is 9.59 Å². The van der Waals surface area contributed by atoms with E-state index >= 15 is 0 Å². The summed E-state index contributed by atoms with van der Waals surface area (Å²) in [4.78, 5) is 18.0. The largest absolute Gasteiger partial charge is 0 e. The maximum atomic E-state index is 9.00. The fraction of sp³-hybridized carbons (Fsp3) is 0.500. The second kappa shape index (κ2) is 22.5. The summed E-state index contributed by atoms with van der Waals surface area (Å²) in [6.07, 6.45) is 0. The number of hydrogen-bond acceptors (Lipinski definition) is 3. The molecule has 0 aliphatic carbocycles. The molecule has 0 bridgehead atoms. The second-order valence-electron chi connectivity index (χ2n) is 1.04. The Morgan fingerprint density at radius 2 is 1.00 bits per heavy atom. The van der Waals surface area contributed by atoms with Crippen molar-refractivity contribution in [2.45, 2.75) is 13.8 Å².